The lowest BCUT2D eigenvalue weighted by molar-refractivity contribution is 0.581. The smallest absolute Gasteiger partial charge is 0.162 e. The van der Waals surface area contributed by atoms with Crippen LogP contribution in [0.1, 0.15) is 30.3 Å². The first-order valence-corrected chi connectivity index (χ1v) is 6.83. The molecular formula is C13H18N2OS. The van der Waals surface area contributed by atoms with Crippen LogP contribution in [0.25, 0.3) is 10.8 Å². The minimum Gasteiger partial charge on any atom is -0.462 e. The summed E-state index contributed by atoms with van der Waals surface area (Å²) in [5, 5.41) is 4.41. The zero-order chi connectivity index (χ0) is 12.1. The maximum Gasteiger partial charge on any atom is 0.162 e. The Bertz CT molecular complexity index is 448. The summed E-state index contributed by atoms with van der Waals surface area (Å²) in [4.78, 5) is 5.84. The molecule has 1 N–H and O–H groups in total. The summed E-state index contributed by atoms with van der Waals surface area (Å²) in [5.74, 6) is 0.859. The number of aromatic nitrogens is 1. The molecule has 0 atom stereocenters. The summed E-state index contributed by atoms with van der Waals surface area (Å²) in [6.45, 7) is 6.24. The summed E-state index contributed by atoms with van der Waals surface area (Å²) >= 11 is 1.71. The molecule has 0 aliphatic carbocycles. The Morgan fingerprint density at radius 2 is 2.35 bits per heavy atom. The van der Waals surface area contributed by atoms with E-state index < -0.39 is 0 Å². The number of hydrogen-bond acceptors (Lipinski definition) is 4. The molecule has 0 bridgehead atoms. The number of nitrogens with zero attached hydrogens (tertiary/aromatic N) is 1. The average molecular weight is 250 g/mol. The van der Waals surface area contributed by atoms with E-state index in [-0.39, 0.29) is 0 Å². The van der Waals surface area contributed by atoms with E-state index >= 15 is 0 Å². The first kappa shape index (κ1) is 12.3. The molecule has 92 valence electrons. The number of unbranched alkanes of at least 4 members (excludes halogenated alkanes) is 1. The van der Waals surface area contributed by atoms with E-state index in [1.807, 2.05) is 12.1 Å². The van der Waals surface area contributed by atoms with Gasteiger partial charge in [0, 0.05) is 11.4 Å². The highest BCUT2D eigenvalue weighted by atomic mass is 32.1. The van der Waals surface area contributed by atoms with Gasteiger partial charge in [-0.05, 0) is 32.0 Å². The van der Waals surface area contributed by atoms with Crippen LogP contribution in [0.15, 0.2) is 22.8 Å². The van der Waals surface area contributed by atoms with E-state index in [2.05, 4.69) is 24.1 Å². The maximum atomic E-state index is 5.36. The highest BCUT2D eigenvalue weighted by Gasteiger charge is 2.10. The third-order valence-corrected chi connectivity index (χ3v) is 3.79. The molecule has 0 fully saturated rings. The summed E-state index contributed by atoms with van der Waals surface area (Å²) in [5.41, 5.74) is 1.10. The lowest BCUT2D eigenvalue weighted by atomic mass is 10.3. The molecule has 0 saturated heterocycles. The van der Waals surface area contributed by atoms with Gasteiger partial charge in [0.15, 0.2) is 10.8 Å². The van der Waals surface area contributed by atoms with Gasteiger partial charge in [-0.15, -0.1) is 11.3 Å². The Balaban J connectivity index is 1.99. The molecule has 0 aromatic carbocycles. The molecule has 17 heavy (non-hydrogen) atoms. The largest absolute Gasteiger partial charge is 0.462 e. The first-order chi connectivity index (χ1) is 8.31. The molecule has 4 heteroatoms. The molecule has 3 nitrogen and oxygen atoms in total. The van der Waals surface area contributed by atoms with Gasteiger partial charge in [-0.25, -0.2) is 4.98 Å². The minimum absolute atomic E-state index is 0.859. The van der Waals surface area contributed by atoms with Gasteiger partial charge in [-0.1, -0.05) is 13.3 Å². The zero-order valence-corrected chi connectivity index (χ0v) is 11.1. The Labute approximate surface area is 106 Å². The van der Waals surface area contributed by atoms with Crippen molar-refractivity contribution in [3.8, 4) is 10.8 Å². The molecule has 0 spiro atoms. The number of rotatable bonds is 6. The molecule has 0 saturated carbocycles. The van der Waals surface area contributed by atoms with Crippen LogP contribution in [0, 0.1) is 6.92 Å². The maximum absolute atomic E-state index is 5.36. The van der Waals surface area contributed by atoms with Crippen LogP contribution in [0.4, 0.5) is 0 Å². The van der Waals surface area contributed by atoms with Crippen molar-refractivity contribution < 1.29 is 4.42 Å². The molecule has 0 unspecified atom stereocenters. The number of thiazole rings is 1. The summed E-state index contributed by atoms with van der Waals surface area (Å²) in [6.07, 6.45) is 4.14. The van der Waals surface area contributed by atoms with Gasteiger partial charge >= 0.3 is 0 Å². The van der Waals surface area contributed by atoms with Crippen molar-refractivity contribution in [3.63, 3.8) is 0 Å². The van der Waals surface area contributed by atoms with Gasteiger partial charge in [0.1, 0.15) is 0 Å². The topological polar surface area (TPSA) is 38.1 Å². The minimum atomic E-state index is 0.859. The fraction of sp³-hybridized carbons (Fsp3) is 0.462. The van der Waals surface area contributed by atoms with E-state index in [1.54, 1.807) is 17.6 Å². The van der Waals surface area contributed by atoms with Crippen LogP contribution in [0.5, 0.6) is 0 Å². The van der Waals surface area contributed by atoms with E-state index in [1.165, 1.54) is 17.7 Å². The normalized spacial score (nSPS) is 10.9. The monoisotopic (exact) mass is 250 g/mol. The molecule has 2 aromatic heterocycles. The predicted octanol–water partition coefficient (Wildman–Crippen LogP) is 3.60. The van der Waals surface area contributed by atoms with Gasteiger partial charge in [0.25, 0.3) is 0 Å². The van der Waals surface area contributed by atoms with Gasteiger partial charge in [-0.2, -0.15) is 0 Å². The average Bonchev–Trinajstić information content (AvgIpc) is 2.94. The second kappa shape index (κ2) is 5.98. The molecule has 2 aromatic rings. The van der Waals surface area contributed by atoms with Crippen molar-refractivity contribution in [2.45, 2.75) is 33.2 Å². The van der Waals surface area contributed by atoms with Crippen LogP contribution < -0.4 is 5.32 Å². The molecule has 0 radical (unpaired) electrons. The van der Waals surface area contributed by atoms with Crippen LogP contribution in [0.3, 0.4) is 0 Å². The first-order valence-electron chi connectivity index (χ1n) is 6.02. The predicted molar refractivity (Wildman–Crippen MR) is 71.2 cm³/mol. The Hall–Kier alpha value is -1.13. The van der Waals surface area contributed by atoms with Crippen molar-refractivity contribution in [2.75, 3.05) is 6.54 Å². The quantitative estimate of drug-likeness (QED) is 0.796. The van der Waals surface area contributed by atoms with E-state index in [0.29, 0.717) is 0 Å². The molecule has 2 rings (SSSR count). The number of hydrogen-bond donors (Lipinski definition) is 1. The number of nitrogens with one attached hydrogen (secondary N) is 1. The lowest BCUT2D eigenvalue weighted by Gasteiger charge is -2.01. The molecule has 0 aliphatic rings. The summed E-state index contributed by atoms with van der Waals surface area (Å²) < 4.78 is 5.36. The van der Waals surface area contributed by atoms with Gasteiger partial charge < -0.3 is 9.73 Å². The summed E-state index contributed by atoms with van der Waals surface area (Å²) in [7, 11) is 0. The molecular weight excluding hydrogens is 232 g/mol. The van der Waals surface area contributed by atoms with Crippen molar-refractivity contribution in [1.29, 1.82) is 0 Å². The van der Waals surface area contributed by atoms with Crippen LogP contribution in [0.2, 0.25) is 0 Å². The molecule has 0 amide bonds. The highest BCUT2D eigenvalue weighted by Crippen LogP contribution is 2.27. The third-order valence-electron chi connectivity index (χ3n) is 2.62. The highest BCUT2D eigenvalue weighted by molar-refractivity contribution is 7.15. The van der Waals surface area contributed by atoms with Crippen molar-refractivity contribution in [1.82, 2.24) is 10.3 Å². The fourth-order valence-corrected chi connectivity index (χ4v) is 2.60. The standard InChI is InChI=1S/C13H18N2OS/c1-3-4-7-14-9-12-10(2)15-13(17-12)11-6-5-8-16-11/h5-6,8,14H,3-4,7,9H2,1-2H3. The van der Waals surface area contributed by atoms with Crippen molar-refractivity contribution >= 4 is 11.3 Å². The van der Waals surface area contributed by atoms with Gasteiger partial charge in [0.2, 0.25) is 0 Å². The van der Waals surface area contributed by atoms with Gasteiger partial charge in [0.05, 0.1) is 12.0 Å². The van der Waals surface area contributed by atoms with E-state index in [9.17, 15) is 0 Å². The Morgan fingerprint density at radius 3 is 3.06 bits per heavy atom. The molecule has 2 heterocycles. The second-order valence-electron chi connectivity index (χ2n) is 4.04. The second-order valence-corrected chi connectivity index (χ2v) is 5.12. The van der Waals surface area contributed by atoms with Crippen LogP contribution in [-0.4, -0.2) is 11.5 Å². The third kappa shape index (κ3) is 3.17. The van der Waals surface area contributed by atoms with Crippen molar-refractivity contribution in [3.05, 3.63) is 29.0 Å². The Kier molecular flexibility index (Phi) is 4.34. The van der Waals surface area contributed by atoms with Crippen LogP contribution >= 0.6 is 11.3 Å². The van der Waals surface area contributed by atoms with E-state index in [4.69, 9.17) is 4.42 Å². The SMILES string of the molecule is CCCCNCc1sc(-c2ccco2)nc1C. The number of aryl methyl sites for hydroxylation is 1. The Morgan fingerprint density at radius 1 is 1.47 bits per heavy atom. The lowest BCUT2D eigenvalue weighted by Crippen LogP contribution is -2.14. The summed E-state index contributed by atoms with van der Waals surface area (Å²) in [6, 6.07) is 3.85. The number of furan rings is 1. The van der Waals surface area contributed by atoms with Crippen LogP contribution in [-0.2, 0) is 6.54 Å². The van der Waals surface area contributed by atoms with Crippen molar-refractivity contribution in [2.24, 2.45) is 0 Å². The zero-order valence-electron chi connectivity index (χ0n) is 10.3. The molecule has 0 aliphatic heterocycles. The van der Waals surface area contributed by atoms with Gasteiger partial charge in [-0.3, -0.25) is 0 Å². The van der Waals surface area contributed by atoms with E-state index in [0.717, 1.165) is 29.6 Å². The fourth-order valence-electron chi connectivity index (χ4n) is 1.60.